The van der Waals surface area contributed by atoms with E-state index in [2.05, 4.69) is 21.2 Å². The molecule has 1 heterocycles. The van der Waals surface area contributed by atoms with E-state index in [-0.39, 0.29) is 10.8 Å². The Morgan fingerprint density at radius 3 is 2.83 bits per heavy atom. The summed E-state index contributed by atoms with van der Waals surface area (Å²) in [5, 5.41) is 5.22. The maximum absolute atomic E-state index is 13.1. The fourth-order valence-corrected chi connectivity index (χ4v) is 3.06. The molecule has 2 nitrogen and oxygen atoms in total. The molecular weight excluding hydrogens is 335 g/mol. The zero-order chi connectivity index (χ0) is 13.1. The molecule has 0 spiro atoms. The van der Waals surface area contributed by atoms with Crippen molar-refractivity contribution in [3.05, 3.63) is 50.4 Å². The predicted octanol–water partition coefficient (Wildman–Crippen LogP) is 3.90. The fraction of sp³-hybridized carbons (Fsp3) is 0.0833. The molecule has 1 aromatic heterocycles. The summed E-state index contributed by atoms with van der Waals surface area (Å²) >= 11 is 9.95. The van der Waals surface area contributed by atoms with Crippen LogP contribution in [0.2, 0.25) is 0 Å². The van der Waals surface area contributed by atoms with Crippen LogP contribution < -0.4 is 11.1 Å². The van der Waals surface area contributed by atoms with Crippen LogP contribution in [0.15, 0.2) is 34.1 Å². The number of thiophene rings is 1. The molecule has 18 heavy (non-hydrogen) atoms. The lowest BCUT2D eigenvalue weighted by Gasteiger charge is -2.10. The first kappa shape index (κ1) is 13.5. The number of nitrogens with two attached hydrogens (primary N) is 1. The molecule has 0 unspecified atom stereocenters. The summed E-state index contributed by atoms with van der Waals surface area (Å²) in [6, 6.07) is 6.40. The molecule has 1 aromatic carbocycles. The van der Waals surface area contributed by atoms with E-state index >= 15 is 0 Å². The Hall–Kier alpha value is -0.980. The maximum Gasteiger partial charge on any atom is 0.124 e. The van der Waals surface area contributed by atoms with Crippen molar-refractivity contribution in [2.24, 2.45) is 5.73 Å². The number of benzene rings is 1. The van der Waals surface area contributed by atoms with Gasteiger partial charge < -0.3 is 11.1 Å². The molecule has 0 bridgehead atoms. The maximum atomic E-state index is 13.1. The highest BCUT2D eigenvalue weighted by atomic mass is 79.9. The molecule has 0 aliphatic carbocycles. The summed E-state index contributed by atoms with van der Waals surface area (Å²) in [6.07, 6.45) is 0. The fourth-order valence-electron chi connectivity index (χ4n) is 1.50. The van der Waals surface area contributed by atoms with E-state index < -0.39 is 0 Å². The topological polar surface area (TPSA) is 38.0 Å². The Morgan fingerprint density at radius 2 is 2.22 bits per heavy atom. The molecule has 0 atom stereocenters. The van der Waals surface area contributed by atoms with Gasteiger partial charge in [0.1, 0.15) is 10.8 Å². The van der Waals surface area contributed by atoms with Gasteiger partial charge in [-0.05, 0) is 40.2 Å². The van der Waals surface area contributed by atoms with Crippen LogP contribution in [-0.2, 0) is 6.54 Å². The van der Waals surface area contributed by atoms with Crippen LogP contribution in [0.3, 0.4) is 0 Å². The zero-order valence-electron chi connectivity index (χ0n) is 9.24. The molecule has 0 aliphatic heterocycles. The molecule has 94 valence electrons. The minimum Gasteiger partial charge on any atom is -0.389 e. The van der Waals surface area contributed by atoms with Gasteiger partial charge in [0.25, 0.3) is 0 Å². The van der Waals surface area contributed by atoms with Crippen molar-refractivity contribution in [3.63, 3.8) is 0 Å². The Kier molecular flexibility index (Phi) is 4.31. The molecule has 3 N–H and O–H groups in total. The highest BCUT2D eigenvalue weighted by molar-refractivity contribution is 9.10. The number of rotatable bonds is 4. The van der Waals surface area contributed by atoms with Gasteiger partial charge in [-0.15, -0.1) is 11.3 Å². The van der Waals surface area contributed by atoms with Crippen LogP contribution >= 0.6 is 39.5 Å². The monoisotopic (exact) mass is 344 g/mol. The normalized spacial score (nSPS) is 10.3. The largest absolute Gasteiger partial charge is 0.389 e. The Labute approximate surface area is 122 Å². The second kappa shape index (κ2) is 5.77. The molecule has 0 amide bonds. The lowest BCUT2D eigenvalue weighted by molar-refractivity contribution is 0.627. The quantitative estimate of drug-likeness (QED) is 0.826. The van der Waals surface area contributed by atoms with Gasteiger partial charge in [-0.3, -0.25) is 0 Å². The number of nitrogens with one attached hydrogen (secondary N) is 1. The van der Waals surface area contributed by atoms with Crippen molar-refractivity contribution in [2.75, 3.05) is 5.32 Å². The number of hydrogen-bond donors (Lipinski definition) is 2. The molecule has 0 saturated carbocycles. The van der Waals surface area contributed by atoms with Gasteiger partial charge in [-0.1, -0.05) is 12.2 Å². The van der Waals surface area contributed by atoms with Gasteiger partial charge in [-0.25, -0.2) is 4.39 Å². The Morgan fingerprint density at radius 1 is 1.44 bits per heavy atom. The third-order valence-corrected chi connectivity index (χ3v) is 4.24. The van der Waals surface area contributed by atoms with Gasteiger partial charge in [-0.2, -0.15) is 0 Å². The van der Waals surface area contributed by atoms with Crippen molar-refractivity contribution in [1.82, 2.24) is 0 Å². The lowest BCUT2D eigenvalue weighted by Crippen LogP contribution is -2.13. The third-order valence-electron chi connectivity index (χ3n) is 2.32. The summed E-state index contributed by atoms with van der Waals surface area (Å²) in [6.45, 7) is 0.650. The first-order valence-electron chi connectivity index (χ1n) is 5.12. The van der Waals surface area contributed by atoms with Gasteiger partial charge in [0.05, 0.1) is 0 Å². The predicted molar refractivity (Wildman–Crippen MR) is 81.6 cm³/mol. The number of halogens is 2. The van der Waals surface area contributed by atoms with Crippen molar-refractivity contribution in [3.8, 4) is 0 Å². The summed E-state index contributed by atoms with van der Waals surface area (Å²) in [5.74, 6) is -0.345. The molecule has 0 aliphatic rings. The molecule has 0 saturated heterocycles. The van der Waals surface area contributed by atoms with Crippen molar-refractivity contribution < 1.29 is 4.39 Å². The van der Waals surface area contributed by atoms with Gasteiger partial charge in [0.2, 0.25) is 0 Å². The average molecular weight is 345 g/mol. The van der Waals surface area contributed by atoms with Crippen molar-refractivity contribution >= 4 is 50.2 Å². The average Bonchev–Trinajstić information content (AvgIpc) is 2.73. The van der Waals surface area contributed by atoms with Crippen molar-refractivity contribution in [2.45, 2.75) is 6.54 Å². The van der Waals surface area contributed by atoms with Crippen LogP contribution in [0.5, 0.6) is 0 Å². The van der Waals surface area contributed by atoms with Crippen LogP contribution in [0.1, 0.15) is 10.4 Å². The zero-order valence-corrected chi connectivity index (χ0v) is 12.5. The van der Waals surface area contributed by atoms with Crippen LogP contribution in [0.4, 0.5) is 10.1 Å². The second-order valence-corrected chi connectivity index (χ2v) is 5.99. The summed E-state index contributed by atoms with van der Waals surface area (Å²) < 4.78 is 14.2. The number of thiocarbonyl (C=S) groups is 1. The lowest BCUT2D eigenvalue weighted by atomic mass is 10.1. The van der Waals surface area contributed by atoms with Gasteiger partial charge in [0, 0.05) is 32.5 Å². The van der Waals surface area contributed by atoms with Crippen LogP contribution in [0.25, 0.3) is 0 Å². The summed E-state index contributed by atoms with van der Waals surface area (Å²) in [7, 11) is 0. The minimum absolute atomic E-state index is 0.185. The van der Waals surface area contributed by atoms with E-state index in [0.717, 1.165) is 10.2 Å². The van der Waals surface area contributed by atoms with E-state index in [4.69, 9.17) is 18.0 Å². The molecule has 0 fully saturated rings. The van der Waals surface area contributed by atoms with Crippen LogP contribution in [-0.4, -0.2) is 4.99 Å². The molecule has 2 aromatic rings. The Bertz CT molecular complexity index is 583. The molecule has 6 heteroatoms. The molecule has 2 rings (SSSR count). The van der Waals surface area contributed by atoms with Crippen LogP contribution in [0, 0.1) is 5.82 Å². The third kappa shape index (κ3) is 3.28. The van der Waals surface area contributed by atoms with Crippen molar-refractivity contribution in [1.29, 1.82) is 0 Å². The number of anilines is 1. The van der Waals surface area contributed by atoms with E-state index in [1.807, 2.05) is 11.4 Å². The SMILES string of the molecule is NC(=S)c1cc(F)ccc1NCc1cc(Br)cs1. The standard InChI is InChI=1S/C12H10BrFN2S2/c13-7-3-9(18-6-7)5-16-11-2-1-8(14)4-10(11)12(15)17/h1-4,6,16H,5H2,(H2,15,17). The highest BCUT2D eigenvalue weighted by Crippen LogP contribution is 2.22. The van der Waals surface area contributed by atoms with E-state index in [1.54, 1.807) is 17.4 Å². The van der Waals surface area contributed by atoms with E-state index in [0.29, 0.717) is 12.1 Å². The summed E-state index contributed by atoms with van der Waals surface area (Å²) in [5.41, 5.74) is 6.85. The summed E-state index contributed by atoms with van der Waals surface area (Å²) in [4.78, 5) is 1.35. The first-order chi connectivity index (χ1) is 8.56. The highest BCUT2D eigenvalue weighted by Gasteiger charge is 2.07. The van der Waals surface area contributed by atoms with E-state index in [9.17, 15) is 4.39 Å². The minimum atomic E-state index is -0.345. The first-order valence-corrected chi connectivity index (χ1v) is 7.20. The second-order valence-electron chi connectivity index (χ2n) is 3.64. The van der Waals surface area contributed by atoms with Gasteiger partial charge in [0.15, 0.2) is 0 Å². The Balaban J connectivity index is 2.16. The smallest absolute Gasteiger partial charge is 0.124 e. The molecular formula is C12H10BrFN2S2. The van der Waals surface area contributed by atoms with E-state index in [1.165, 1.54) is 17.0 Å². The number of hydrogen-bond acceptors (Lipinski definition) is 3. The molecule has 0 radical (unpaired) electrons. The van der Waals surface area contributed by atoms with Gasteiger partial charge >= 0.3 is 0 Å².